The summed E-state index contributed by atoms with van der Waals surface area (Å²) >= 11 is 0. The summed E-state index contributed by atoms with van der Waals surface area (Å²) in [5.41, 5.74) is 2.25. The maximum Gasteiger partial charge on any atom is 0.281 e. The van der Waals surface area contributed by atoms with E-state index in [9.17, 15) is 9.59 Å². The Bertz CT molecular complexity index is 1050. The van der Waals surface area contributed by atoms with Crippen molar-refractivity contribution in [2.75, 3.05) is 0 Å². The van der Waals surface area contributed by atoms with Gasteiger partial charge in [0, 0.05) is 22.8 Å². The predicted octanol–water partition coefficient (Wildman–Crippen LogP) is 2.64. The molecule has 1 atom stereocenters. The maximum atomic E-state index is 13.1. The normalized spacial score (nSPS) is 15.2. The summed E-state index contributed by atoms with van der Waals surface area (Å²) in [6, 6.07) is 9.30. The first-order valence-corrected chi connectivity index (χ1v) is 8.94. The van der Waals surface area contributed by atoms with Crippen LogP contribution < -0.4 is 10.9 Å². The van der Waals surface area contributed by atoms with E-state index in [1.54, 1.807) is 6.20 Å². The Kier molecular flexibility index (Phi) is 3.90. The highest BCUT2D eigenvalue weighted by Gasteiger charge is 2.28. The number of rotatable bonds is 4. The van der Waals surface area contributed by atoms with E-state index in [1.807, 2.05) is 55.7 Å². The lowest BCUT2D eigenvalue weighted by molar-refractivity contribution is -0.124. The molecule has 1 N–H and O–H groups in total. The molecule has 1 unspecified atom stereocenters. The van der Waals surface area contributed by atoms with E-state index in [2.05, 4.69) is 10.4 Å². The molecule has 0 bridgehead atoms. The van der Waals surface area contributed by atoms with Crippen LogP contribution in [0.15, 0.2) is 41.3 Å². The van der Waals surface area contributed by atoms with Crippen molar-refractivity contribution in [3.8, 4) is 5.69 Å². The van der Waals surface area contributed by atoms with Crippen LogP contribution in [0.3, 0.4) is 0 Å². The molecule has 0 spiro atoms. The second-order valence-corrected chi connectivity index (χ2v) is 6.99. The van der Waals surface area contributed by atoms with Gasteiger partial charge in [0.25, 0.3) is 5.56 Å². The molecule has 0 radical (unpaired) electrons. The minimum atomic E-state index is -0.368. The highest BCUT2D eigenvalue weighted by molar-refractivity contribution is 5.89. The van der Waals surface area contributed by atoms with Gasteiger partial charge in [-0.15, -0.1) is 0 Å². The zero-order valence-corrected chi connectivity index (χ0v) is 15.2. The molecule has 1 aliphatic carbocycles. The Morgan fingerprint density at radius 2 is 1.88 bits per heavy atom. The van der Waals surface area contributed by atoms with Crippen molar-refractivity contribution >= 4 is 16.7 Å². The van der Waals surface area contributed by atoms with Gasteiger partial charge in [-0.2, -0.15) is 9.78 Å². The molecule has 1 saturated carbocycles. The van der Waals surface area contributed by atoms with Crippen LogP contribution in [-0.4, -0.2) is 26.3 Å². The van der Waals surface area contributed by atoms with E-state index in [1.165, 1.54) is 4.68 Å². The highest BCUT2D eigenvalue weighted by Crippen LogP contribution is 2.27. The smallest absolute Gasteiger partial charge is 0.281 e. The molecule has 0 saturated heterocycles. The van der Waals surface area contributed by atoms with Crippen molar-refractivity contribution in [3.63, 3.8) is 0 Å². The average molecular weight is 350 g/mol. The molecule has 1 fully saturated rings. The standard InChI is InChI=1S/C20H22N4O2/c1-12-17-11-21-24(16-7-5-4-6-8-16)20(26)18(17)13(2)23(12)14(3)19(25)22-15-9-10-15/h4-8,11,14-15H,9-10H2,1-3H3,(H,22,25). The summed E-state index contributed by atoms with van der Waals surface area (Å²) in [7, 11) is 0. The van der Waals surface area contributed by atoms with Crippen LogP contribution in [0.5, 0.6) is 0 Å². The second-order valence-electron chi connectivity index (χ2n) is 6.99. The van der Waals surface area contributed by atoms with Crippen molar-refractivity contribution in [1.29, 1.82) is 0 Å². The molecule has 6 heteroatoms. The highest BCUT2D eigenvalue weighted by atomic mass is 16.2. The molecule has 1 aromatic carbocycles. The van der Waals surface area contributed by atoms with Gasteiger partial charge in [-0.05, 0) is 45.7 Å². The van der Waals surface area contributed by atoms with Crippen molar-refractivity contribution < 1.29 is 4.79 Å². The van der Waals surface area contributed by atoms with Gasteiger partial charge in [-0.3, -0.25) is 9.59 Å². The number of hydrogen-bond donors (Lipinski definition) is 1. The van der Waals surface area contributed by atoms with Crippen molar-refractivity contribution in [2.45, 2.75) is 45.7 Å². The summed E-state index contributed by atoms with van der Waals surface area (Å²) in [4.78, 5) is 25.6. The van der Waals surface area contributed by atoms with Gasteiger partial charge in [0.1, 0.15) is 6.04 Å². The topological polar surface area (TPSA) is 68.9 Å². The number of para-hydroxylation sites is 1. The molecular weight excluding hydrogens is 328 g/mol. The Morgan fingerprint density at radius 1 is 1.19 bits per heavy atom. The van der Waals surface area contributed by atoms with Crippen molar-refractivity contribution in [2.24, 2.45) is 0 Å². The number of carbonyl (C=O) groups is 1. The van der Waals surface area contributed by atoms with Crippen LogP contribution in [-0.2, 0) is 4.79 Å². The molecule has 2 aromatic heterocycles. The Hall–Kier alpha value is -2.89. The van der Waals surface area contributed by atoms with E-state index in [0.29, 0.717) is 11.4 Å². The van der Waals surface area contributed by atoms with E-state index >= 15 is 0 Å². The summed E-state index contributed by atoms with van der Waals surface area (Å²) in [5.74, 6) is -0.00431. The third kappa shape index (κ3) is 2.62. The third-order valence-corrected chi connectivity index (χ3v) is 5.14. The largest absolute Gasteiger partial charge is 0.352 e. The molecule has 0 aliphatic heterocycles. The van der Waals surface area contributed by atoms with E-state index in [4.69, 9.17) is 0 Å². The summed E-state index contributed by atoms with van der Waals surface area (Å²) in [6.07, 6.45) is 3.82. The molecule has 26 heavy (non-hydrogen) atoms. The van der Waals surface area contributed by atoms with E-state index in [0.717, 1.165) is 35.3 Å². The van der Waals surface area contributed by atoms with Crippen LogP contribution in [0.4, 0.5) is 0 Å². The maximum absolute atomic E-state index is 13.1. The number of fused-ring (bicyclic) bond motifs is 1. The monoisotopic (exact) mass is 350 g/mol. The molecule has 6 nitrogen and oxygen atoms in total. The zero-order chi connectivity index (χ0) is 18.4. The lowest BCUT2D eigenvalue weighted by Crippen LogP contribution is -2.33. The Balaban J connectivity index is 1.85. The first kappa shape index (κ1) is 16.6. The minimum Gasteiger partial charge on any atom is -0.352 e. The van der Waals surface area contributed by atoms with Crippen LogP contribution in [0.1, 0.15) is 37.2 Å². The molecule has 1 aliphatic rings. The summed E-state index contributed by atoms with van der Waals surface area (Å²) in [6.45, 7) is 5.71. The quantitative estimate of drug-likeness (QED) is 0.786. The van der Waals surface area contributed by atoms with Crippen LogP contribution >= 0.6 is 0 Å². The lowest BCUT2D eigenvalue weighted by atomic mass is 10.2. The molecule has 2 heterocycles. The first-order chi connectivity index (χ1) is 12.5. The fraction of sp³-hybridized carbons (Fsp3) is 0.350. The first-order valence-electron chi connectivity index (χ1n) is 8.94. The molecule has 4 rings (SSSR count). The third-order valence-electron chi connectivity index (χ3n) is 5.14. The van der Waals surface area contributed by atoms with Crippen molar-refractivity contribution in [1.82, 2.24) is 19.7 Å². The Labute approximate surface area is 151 Å². The SMILES string of the molecule is Cc1c2cnn(-c3ccccc3)c(=O)c2c(C)n1C(C)C(=O)NC1CC1. The predicted molar refractivity (Wildman–Crippen MR) is 101 cm³/mol. The van der Waals surface area contributed by atoms with Gasteiger partial charge in [-0.25, -0.2) is 0 Å². The second kappa shape index (κ2) is 6.12. The van der Waals surface area contributed by atoms with Gasteiger partial charge < -0.3 is 9.88 Å². The minimum absolute atomic E-state index is 0.00431. The van der Waals surface area contributed by atoms with Crippen molar-refractivity contribution in [3.05, 3.63) is 58.3 Å². The number of aromatic nitrogens is 3. The Morgan fingerprint density at radius 3 is 2.54 bits per heavy atom. The average Bonchev–Trinajstić information content (AvgIpc) is 3.41. The lowest BCUT2D eigenvalue weighted by Gasteiger charge is -2.17. The number of benzene rings is 1. The number of hydrogen-bond acceptors (Lipinski definition) is 3. The summed E-state index contributed by atoms with van der Waals surface area (Å²) < 4.78 is 3.36. The van der Waals surface area contributed by atoms with Crippen LogP contribution in [0, 0.1) is 13.8 Å². The fourth-order valence-corrected chi connectivity index (χ4v) is 3.58. The van der Waals surface area contributed by atoms with Crippen LogP contribution in [0.25, 0.3) is 16.5 Å². The van der Waals surface area contributed by atoms with E-state index < -0.39 is 0 Å². The van der Waals surface area contributed by atoms with Gasteiger partial charge in [0.15, 0.2) is 0 Å². The zero-order valence-electron chi connectivity index (χ0n) is 15.2. The summed E-state index contributed by atoms with van der Waals surface area (Å²) in [5, 5.41) is 8.80. The number of carbonyl (C=O) groups excluding carboxylic acids is 1. The number of nitrogens with zero attached hydrogens (tertiary/aromatic N) is 3. The van der Waals surface area contributed by atoms with Crippen LogP contribution in [0.2, 0.25) is 0 Å². The number of amides is 1. The number of nitrogens with one attached hydrogen (secondary N) is 1. The van der Waals surface area contributed by atoms with Gasteiger partial charge in [-0.1, -0.05) is 18.2 Å². The van der Waals surface area contributed by atoms with Gasteiger partial charge in [0.2, 0.25) is 5.91 Å². The van der Waals surface area contributed by atoms with E-state index in [-0.39, 0.29) is 17.5 Å². The molecule has 3 aromatic rings. The molecular formula is C20H22N4O2. The molecule has 1 amide bonds. The number of aryl methyl sites for hydroxylation is 2. The fourth-order valence-electron chi connectivity index (χ4n) is 3.58. The molecule has 134 valence electrons. The van der Waals surface area contributed by atoms with Gasteiger partial charge in [0.05, 0.1) is 17.3 Å². The van der Waals surface area contributed by atoms with Gasteiger partial charge >= 0.3 is 0 Å².